The van der Waals surface area contributed by atoms with Crippen molar-refractivity contribution in [2.75, 3.05) is 13.1 Å². The van der Waals surface area contributed by atoms with Crippen LogP contribution in [0.15, 0.2) is 40.6 Å². The fourth-order valence-corrected chi connectivity index (χ4v) is 6.11. The second kappa shape index (κ2) is 8.99. The number of nitrogens with one attached hydrogen (secondary N) is 1. The van der Waals surface area contributed by atoms with Crippen molar-refractivity contribution in [2.45, 2.75) is 49.8 Å². The fourth-order valence-electron chi connectivity index (χ4n) is 3.14. The summed E-state index contributed by atoms with van der Waals surface area (Å²) in [6.07, 6.45) is 4.35. The third kappa shape index (κ3) is 5.40. The minimum atomic E-state index is -3.42. The van der Waals surface area contributed by atoms with E-state index in [9.17, 15) is 13.2 Å². The highest BCUT2D eigenvalue weighted by Crippen LogP contribution is 2.26. The quantitative estimate of drug-likeness (QED) is 0.799. The van der Waals surface area contributed by atoms with Gasteiger partial charge in [-0.3, -0.25) is 4.79 Å². The fraction of sp³-hybridized carbons (Fsp3) is 0.450. The number of thiophene rings is 1. The minimum Gasteiger partial charge on any atom is -0.351 e. The number of hydrogen-bond donors (Lipinski definition) is 1. The molecule has 0 unspecified atom stereocenters. The van der Waals surface area contributed by atoms with Gasteiger partial charge in [0.2, 0.25) is 5.91 Å². The van der Waals surface area contributed by atoms with Crippen molar-refractivity contribution in [2.24, 2.45) is 0 Å². The van der Waals surface area contributed by atoms with Crippen LogP contribution in [0.3, 0.4) is 0 Å². The van der Waals surface area contributed by atoms with Gasteiger partial charge in [-0.25, -0.2) is 8.42 Å². The molecule has 146 valence electrons. The molecule has 0 atom stereocenters. The minimum absolute atomic E-state index is 0.0656. The second-order valence-electron chi connectivity index (χ2n) is 6.98. The predicted octanol–water partition coefficient (Wildman–Crippen LogP) is 3.48. The first-order chi connectivity index (χ1) is 12.9. The van der Waals surface area contributed by atoms with E-state index in [0.717, 1.165) is 41.7 Å². The maximum atomic E-state index is 12.8. The molecule has 0 saturated carbocycles. The van der Waals surface area contributed by atoms with E-state index in [0.29, 0.717) is 30.3 Å². The zero-order chi connectivity index (χ0) is 19.3. The Hall–Kier alpha value is -1.70. The van der Waals surface area contributed by atoms with Crippen molar-refractivity contribution < 1.29 is 13.2 Å². The van der Waals surface area contributed by atoms with E-state index in [1.165, 1.54) is 11.3 Å². The van der Waals surface area contributed by atoms with Crippen molar-refractivity contribution in [1.82, 2.24) is 9.62 Å². The highest BCUT2D eigenvalue weighted by molar-refractivity contribution is 7.91. The van der Waals surface area contributed by atoms with Crippen LogP contribution in [0.25, 0.3) is 0 Å². The van der Waals surface area contributed by atoms with Crippen LogP contribution in [-0.4, -0.2) is 31.7 Å². The van der Waals surface area contributed by atoms with Gasteiger partial charge in [-0.1, -0.05) is 42.7 Å². The summed E-state index contributed by atoms with van der Waals surface area (Å²) in [5.41, 5.74) is 2.13. The molecule has 0 spiro atoms. The smallest absolute Gasteiger partial charge is 0.252 e. The molecule has 1 fully saturated rings. The van der Waals surface area contributed by atoms with Gasteiger partial charge in [-0.15, -0.1) is 11.3 Å². The van der Waals surface area contributed by atoms with Gasteiger partial charge in [-0.2, -0.15) is 4.31 Å². The van der Waals surface area contributed by atoms with E-state index < -0.39 is 10.0 Å². The number of carbonyl (C=O) groups excluding carboxylic acids is 1. The lowest BCUT2D eigenvalue weighted by Gasteiger charge is -2.18. The molecule has 0 aliphatic carbocycles. The Morgan fingerprint density at radius 2 is 1.70 bits per heavy atom. The molecule has 1 aromatic carbocycles. The maximum Gasteiger partial charge on any atom is 0.252 e. The maximum absolute atomic E-state index is 12.8. The van der Waals surface area contributed by atoms with Gasteiger partial charge in [0.1, 0.15) is 4.21 Å². The van der Waals surface area contributed by atoms with Gasteiger partial charge in [0, 0.05) is 18.0 Å². The van der Waals surface area contributed by atoms with Crippen LogP contribution in [0, 0.1) is 6.92 Å². The number of hydrogen-bond acceptors (Lipinski definition) is 4. The molecular formula is C20H26N2O3S2. The Morgan fingerprint density at radius 3 is 2.37 bits per heavy atom. The van der Waals surface area contributed by atoms with Crippen LogP contribution in [-0.2, 0) is 27.8 Å². The van der Waals surface area contributed by atoms with Crippen LogP contribution in [0.4, 0.5) is 0 Å². The Morgan fingerprint density at radius 1 is 1.04 bits per heavy atom. The summed E-state index contributed by atoms with van der Waals surface area (Å²) in [5.74, 6) is -0.0656. The van der Waals surface area contributed by atoms with Crippen LogP contribution < -0.4 is 5.32 Å². The summed E-state index contributed by atoms with van der Waals surface area (Å²) in [4.78, 5) is 13.0. The van der Waals surface area contributed by atoms with E-state index in [4.69, 9.17) is 0 Å². The molecule has 3 rings (SSSR count). The number of rotatable bonds is 6. The van der Waals surface area contributed by atoms with Gasteiger partial charge < -0.3 is 5.32 Å². The van der Waals surface area contributed by atoms with Crippen LogP contribution in [0.5, 0.6) is 0 Å². The summed E-state index contributed by atoms with van der Waals surface area (Å²) >= 11 is 1.25. The topological polar surface area (TPSA) is 66.5 Å². The van der Waals surface area contributed by atoms with E-state index in [-0.39, 0.29) is 5.91 Å². The zero-order valence-electron chi connectivity index (χ0n) is 15.6. The van der Waals surface area contributed by atoms with Crippen molar-refractivity contribution >= 4 is 27.3 Å². The number of amides is 1. The lowest BCUT2D eigenvalue weighted by molar-refractivity contribution is -0.120. The standard InChI is InChI=1S/C20H26N2O3S2/c1-16-6-8-17(9-7-16)14-19(23)21-15-18-10-11-20(26-18)27(24,25)22-12-4-2-3-5-13-22/h6-11H,2-5,12-15H2,1H3,(H,21,23). The lowest BCUT2D eigenvalue weighted by Crippen LogP contribution is -2.31. The van der Waals surface area contributed by atoms with Crippen LogP contribution >= 0.6 is 11.3 Å². The molecule has 2 heterocycles. The van der Waals surface area contributed by atoms with Gasteiger partial charge >= 0.3 is 0 Å². The largest absolute Gasteiger partial charge is 0.351 e. The summed E-state index contributed by atoms with van der Waals surface area (Å²) in [5, 5.41) is 2.88. The molecule has 0 bridgehead atoms. The van der Waals surface area contributed by atoms with Crippen LogP contribution in [0.1, 0.15) is 41.7 Å². The Balaban J connectivity index is 1.57. The molecule has 27 heavy (non-hydrogen) atoms. The molecule has 2 aromatic rings. The summed E-state index contributed by atoms with van der Waals surface area (Å²) in [7, 11) is -3.42. The van der Waals surface area contributed by atoms with E-state index in [1.54, 1.807) is 16.4 Å². The highest BCUT2D eigenvalue weighted by atomic mass is 32.2. The number of nitrogens with zero attached hydrogens (tertiary/aromatic N) is 1. The average molecular weight is 407 g/mol. The molecule has 1 aliphatic heterocycles. The Bertz CT molecular complexity index is 865. The van der Waals surface area contributed by atoms with Crippen molar-refractivity contribution in [3.63, 3.8) is 0 Å². The van der Waals surface area contributed by atoms with E-state index in [1.807, 2.05) is 31.2 Å². The lowest BCUT2D eigenvalue weighted by atomic mass is 10.1. The second-order valence-corrected chi connectivity index (χ2v) is 10.3. The van der Waals surface area contributed by atoms with E-state index in [2.05, 4.69) is 5.32 Å². The van der Waals surface area contributed by atoms with E-state index >= 15 is 0 Å². The highest BCUT2D eigenvalue weighted by Gasteiger charge is 2.26. The predicted molar refractivity (Wildman–Crippen MR) is 108 cm³/mol. The zero-order valence-corrected chi connectivity index (χ0v) is 17.2. The Kier molecular flexibility index (Phi) is 6.68. The Labute approximate surface area is 165 Å². The first kappa shape index (κ1) is 20.0. The van der Waals surface area contributed by atoms with Gasteiger partial charge in [0.25, 0.3) is 10.0 Å². The number of carbonyl (C=O) groups is 1. The molecule has 5 nitrogen and oxygen atoms in total. The molecule has 0 radical (unpaired) electrons. The molecular weight excluding hydrogens is 380 g/mol. The number of benzene rings is 1. The monoisotopic (exact) mass is 406 g/mol. The third-order valence-electron chi connectivity index (χ3n) is 4.74. The molecule has 1 saturated heterocycles. The summed E-state index contributed by atoms with van der Waals surface area (Å²) < 4.78 is 27.6. The van der Waals surface area contributed by atoms with Gasteiger partial charge in [0.15, 0.2) is 0 Å². The number of sulfonamides is 1. The van der Waals surface area contributed by atoms with Crippen molar-refractivity contribution in [1.29, 1.82) is 0 Å². The molecule has 1 aliphatic rings. The van der Waals surface area contributed by atoms with Gasteiger partial charge in [0.05, 0.1) is 13.0 Å². The van der Waals surface area contributed by atoms with Crippen LogP contribution in [0.2, 0.25) is 0 Å². The molecule has 1 N–H and O–H groups in total. The van der Waals surface area contributed by atoms with Crippen molar-refractivity contribution in [3.8, 4) is 0 Å². The van der Waals surface area contributed by atoms with Crippen molar-refractivity contribution in [3.05, 3.63) is 52.4 Å². The summed E-state index contributed by atoms with van der Waals surface area (Å²) in [6.45, 7) is 3.56. The first-order valence-corrected chi connectivity index (χ1v) is 11.6. The molecule has 1 aromatic heterocycles. The average Bonchev–Trinajstić information content (AvgIpc) is 2.96. The third-order valence-corrected chi connectivity index (χ3v) is 8.19. The van der Waals surface area contributed by atoms with Gasteiger partial charge in [-0.05, 0) is 37.5 Å². The molecule has 7 heteroatoms. The normalized spacial score (nSPS) is 16.0. The number of aryl methyl sites for hydroxylation is 1. The first-order valence-electron chi connectivity index (χ1n) is 9.36. The molecule has 1 amide bonds. The SMILES string of the molecule is Cc1ccc(CC(=O)NCc2ccc(S(=O)(=O)N3CCCCCC3)s2)cc1. The summed E-state index contributed by atoms with van der Waals surface area (Å²) in [6, 6.07) is 11.3.